The van der Waals surface area contributed by atoms with Crippen molar-refractivity contribution in [3.63, 3.8) is 0 Å². The number of aliphatic hydroxyl groups excluding tert-OH is 1. The summed E-state index contributed by atoms with van der Waals surface area (Å²) in [4.78, 5) is 72.9. The highest BCUT2D eigenvalue weighted by molar-refractivity contribution is 7.47. The zero-order chi connectivity index (χ0) is 74.6. The summed E-state index contributed by atoms with van der Waals surface area (Å²) in [6.07, 6.45) is 82.0. The van der Waals surface area contributed by atoms with Crippen LogP contribution in [0.3, 0.4) is 0 Å². The number of hydrogen-bond acceptors (Lipinski definition) is 15. The van der Waals surface area contributed by atoms with Crippen LogP contribution in [0.1, 0.15) is 323 Å². The fourth-order valence-electron chi connectivity index (χ4n) is 10.4. The minimum atomic E-state index is -4.99. The molecule has 0 aromatic rings. The van der Waals surface area contributed by atoms with Crippen LogP contribution in [0.2, 0.25) is 0 Å². The Morgan fingerprint density at radius 1 is 0.284 bits per heavy atom. The third-order valence-corrected chi connectivity index (χ3v) is 18.3. The zero-order valence-corrected chi connectivity index (χ0v) is 65.8. The molecule has 0 aliphatic heterocycles. The van der Waals surface area contributed by atoms with Crippen molar-refractivity contribution in [2.75, 3.05) is 39.6 Å². The molecule has 0 aliphatic carbocycles. The Morgan fingerprint density at radius 3 is 0.882 bits per heavy atom. The van der Waals surface area contributed by atoms with Crippen LogP contribution >= 0.6 is 15.6 Å². The van der Waals surface area contributed by atoms with Gasteiger partial charge in [0.1, 0.15) is 19.3 Å². The molecule has 0 aliphatic rings. The highest BCUT2D eigenvalue weighted by atomic mass is 31.2. The second kappa shape index (κ2) is 74.7. The van der Waals surface area contributed by atoms with E-state index in [4.69, 9.17) is 37.0 Å². The molecule has 0 spiro atoms. The number of carbonyl (C=O) groups is 4. The van der Waals surface area contributed by atoms with Gasteiger partial charge in [0, 0.05) is 25.7 Å². The summed E-state index contributed by atoms with van der Waals surface area (Å²) in [7, 11) is -9.97. The zero-order valence-electron chi connectivity index (χ0n) is 64.0. The SMILES string of the molecule is CC/C=C\C/C=C\C/C=C\C/C=C\C/C=C\C/C=C\CCC(=O)OCC(COP(=O)(O)OCC(O)COP(=O)(O)OCC(COC(=O)CCCCCCCCC/C=C\C/C=C\C/C=C\CC)OC(=O)CCCCCCCCCCCCCCCCC)OC(=O)CCCCCCC/C=C\CCCC. The molecule has 0 bridgehead atoms. The number of esters is 4. The molecule has 17 nitrogen and oxygen atoms in total. The fourth-order valence-corrected chi connectivity index (χ4v) is 12.0. The van der Waals surface area contributed by atoms with Crippen LogP contribution in [0.15, 0.2) is 122 Å². The molecule has 586 valence electrons. The third kappa shape index (κ3) is 73.8. The average Bonchev–Trinajstić information content (AvgIpc) is 0.926. The fraction of sp³-hybridized carbons (Fsp3) is 0.711. The number of carbonyl (C=O) groups excluding carboxylic acids is 4. The molecular formula is C83H142O17P2. The molecule has 0 aromatic heterocycles. The lowest BCUT2D eigenvalue weighted by molar-refractivity contribution is -0.161. The van der Waals surface area contributed by atoms with Crippen LogP contribution in [-0.4, -0.2) is 96.7 Å². The van der Waals surface area contributed by atoms with Gasteiger partial charge in [-0.05, 0) is 116 Å². The van der Waals surface area contributed by atoms with Crippen LogP contribution < -0.4 is 0 Å². The van der Waals surface area contributed by atoms with Crippen LogP contribution in [0.4, 0.5) is 0 Å². The number of allylic oxidation sites excluding steroid dienone is 20. The van der Waals surface area contributed by atoms with E-state index in [0.29, 0.717) is 32.1 Å². The Hall–Kier alpha value is -4.54. The maximum absolute atomic E-state index is 13.1. The van der Waals surface area contributed by atoms with Gasteiger partial charge < -0.3 is 33.8 Å². The monoisotopic (exact) mass is 1470 g/mol. The number of rotatable bonds is 74. The smallest absolute Gasteiger partial charge is 0.462 e. The number of phosphoric acid groups is 2. The molecule has 0 fully saturated rings. The quantitative estimate of drug-likeness (QED) is 0.0169. The molecule has 5 unspecified atom stereocenters. The van der Waals surface area contributed by atoms with Crippen molar-refractivity contribution in [1.82, 2.24) is 0 Å². The number of hydrogen-bond donors (Lipinski definition) is 3. The van der Waals surface area contributed by atoms with E-state index in [2.05, 4.69) is 131 Å². The summed E-state index contributed by atoms with van der Waals surface area (Å²) in [5.41, 5.74) is 0. The second-order valence-corrected chi connectivity index (χ2v) is 29.2. The lowest BCUT2D eigenvalue weighted by atomic mass is 10.0. The van der Waals surface area contributed by atoms with Crippen LogP contribution in [0, 0.1) is 0 Å². The van der Waals surface area contributed by atoms with Crippen molar-refractivity contribution in [2.24, 2.45) is 0 Å². The van der Waals surface area contributed by atoms with Gasteiger partial charge in [0.2, 0.25) is 0 Å². The summed E-state index contributed by atoms with van der Waals surface area (Å²) in [6, 6.07) is 0. The second-order valence-electron chi connectivity index (χ2n) is 26.2. The molecule has 0 heterocycles. The van der Waals surface area contributed by atoms with Gasteiger partial charge in [0.25, 0.3) is 0 Å². The maximum Gasteiger partial charge on any atom is 0.472 e. The molecule has 5 atom stereocenters. The van der Waals surface area contributed by atoms with Crippen molar-refractivity contribution in [1.29, 1.82) is 0 Å². The van der Waals surface area contributed by atoms with Gasteiger partial charge in [-0.15, -0.1) is 0 Å². The van der Waals surface area contributed by atoms with Gasteiger partial charge in [-0.25, -0.2) is 9.13 Å². The Bertz CT molecular complexity index is 2410. The van der Waals surface area contributed by atoms with Crippen molar-refractivity contribution in [2.45, 2.75) is 341 Å². The highest BCUT2D eigenvalue weighted by Gasteiger charge is 2.30. The Kier molecular flexibility index (Phi) is 71.4. The number of phosphoric ester groups is 2. The Labute approximate surface area is 619 Å². The van der Waals surface area contributed by atoms with Gasteiger partial charge in [0.15, 0.2) is 12.2 Å². The van der Waals surface area contributed by atoms with Crippen LogP contribution in [0.25, 0.3) is 0 Å². The molecule has 0 amide bonds. The van der Waals surface area contributed by atoms with Gasteiger partial charge in [-0.2, -0.15) is 0 Å². The summed E-state index contributed by atoms with van der Waals surface area (Å²) in [5.74, 6) is -2.28. The van der Waals surface area contributed by atoms with E-state index < -0.39 is 97.5 Å². The predicted molar refractivity (Wildman–Crippen MR) is 418 cm³/mol. The van der Waals surface area contributed by atoms with Crippen molar-refractivity contribution < 1.29 is 80.2 Å². The molecule has 3 N–H and O–H groups in total. The standard InChI is InChI=1S/C83H142O17P2/c1-5-9-13-17-21-25-29-32-35-37-38-40-43-45-49-52-56-60-64-68-80(85)93-73-78(99-82(87)69-65-61-57-53-47-28-24-20-16-12-8-4)75-97-101(89,90)95-71-77(84)72-96-102(91,92)98-76-79(100-83(88)70-66-62-58-54-50-46-41-34-31-27-23-19-15-11-7-3)74-94-81(86)67-63-59-55-51-48-44-42-39-36-33-30-26-22-18-14-10-6-2/h9-10,13-14,20-22,24-26,32-33,35-36,38,40,45,49,56,60,77-79,84H,5-8,11-12,15-19,23,27-31,34,37,39,41-44,46-48,50-55,57-59,61-76H2,1-4H3,(H,89,90)(H,91,92)/b13-9-,14-10-,24-20-,25-21-,26-22-,35-32-,36-33-,40-38-,49-45-,60-56-. The molecule has 0 aromatic carbocycles. The summed E-state index contributed by atoms with van der Waals surface area (Å²) < 4.78 is 68.5. The Morgan fingerprint density at radius 2 is 0.539 bits per heavy atom. The number of ether oxygens (including phenoxy) is 4. The van der Waals surface area contributed by atoms with E-state index in [1.165, 1.54) is 77.0 Å². The first-order valence-electron chi connectivity index (χ1n) is 39.8. The average molecular weight is 1470 g/mol. The lowest BCUT2D eigenvalue weighted by Crippen LogP contribution is -2.30. The summed E-state index contributed by atoms with van der Waals surface area (Å²) in [6.45, 7) is 4.53. The highest BCUT2D eigenvalue weighted by Crippen LogP contribution is 2.45. The first-order chi connectivity index (χ1) is 49.7. The molecule has 19 heteroatoms. The summed E-state index contributed by atoms with van der Waals surface area (Å²) >= 11 is 0. The van der Waals surface area contributed by atoms with Crippen molar-refractivity contribution >= 4 is 39.5 Å². The van der Waals surface area contributed by atoms with Crippen LogP contribution in [-0.2, 0) is 65.4 Å². The van der Waals surface area contributed by atoms with Crippen LogP contribution in [0.5, 0.6) is 0 Å². The molecule has 0 rings (SSSR count). The summed E-state index contributed by atoms with van der Waals surface area (Å²) in [5, 5.41) is 10.6. The van der Waals surface area contributed by atoms with E-state index >= 15 is 0 Å². The van der Waals surface area contributed by atoms with Gasteiger partial charge in [-0.1, -0.05) is 303 Å². The minimum absolute atomic E-state index is 0.0333. The first kappa shape index (κ1) is 97.5. The van der Waals surface area contributed by atoms with Gasteiger partial charge in [-0.3, -0.25) is 37.3 Å². The molecule has 102 heavy (non-hydrogen) atoms. The van der Waals surface area contributed by atoms with E-state index in [-0.39, 0.29) is 25.7 Å². The third-order valence-electron chi connectivity index (χ3n) is 16.4. The van der Waals surface area contributed by atoms with Gasteiger partial charge in [0.05, 0.1) is 26.4 Å². The topological polar surface area (TPSA) is 237 Å². The minimum Gasteiger partial charge on any atom is -0.462 e. The van der Waals surface area contributed by atoms with Crippen molar-refractivity contribution in [3.8, 4) is 0 Å². The number of aliphatic hydroxyl groups is 1. The molecule has 0 saturated heterocycles. The molecular weight excluding hydrogens is 1330 g/mol. The van der Waals surface area contributed by atoms with E-state index in [0.717, 1.165) is 161 Å². The van der Waals surface area contributed by atoms with E-state index in [1.807, 2.05) is 18.2 Å². The number of unbranched alkanes of at least 4 members (excludes halogenated alkanes) is 28. The van der Waals surface area contributed by atoms with Crippen molar-refractivity contribution in [3.05, 3.63) is 122 Å². The Balaban J connectivity index is 5.37. The first-order valence-corrected chi connectivity index (χ1v) is 42.8. The molecule has 0 saturated carbocycles. The predicted octanol–water partition coefficient (Wildman–Crippen LogP) is 23.1. The largest absolute Gasteiger partial charge is 0.472 e. The normalized spacial score (nSPS) is 14.5. The van der Waals surface area contributed by atoms with E-state index in [9.17, 15) is 43.2 Å². The maximum atomic E-state index is 13.1. The van der Waals surface area contributed by atoms with E-state index in [1.54, 1.807) is 0 Å². The molecule has 0 radical (unpaired) electrons. The van der Waals surface area contributed by atoms with Gasteiger partial charge >= 0.3 is 39.5 Å². The lowest BCUT2D eigenvalue weighted by Gasteiger charge is -2.21.